The van der Waals surface area contributed by atoms with Crippen molar-refractivity contribution in [3.05, 3.63) is 83.8 Å². The van der Waals surface area contributed by atoms with E-state index >= 15 is 0 Å². The van der Waals surface area contributed by atoms with E-state index in [0.717, 1.165) is 22.8 Å². The largest absolute Gasteiger partial charge is 0.338 e. The molecule has 0 saturated heterocycles. The Kier molecular flexibility index (Phi) is 3.46. The number of carbonyl (C=O) groups is 1. The number of rotatable bonds is 1. The molecular weight excluding hydrogens is 305 g/mol. The van der Waals surface area contributed by atoms with Crippen LogP contribution in [0.2, 0.25) is 0 Å². The van der Waals surface area contributed by atoms with Crippen molar-refractivity contribution in [1.29, 1.82) is 0 Å². The minimum Gasteiger partial charge on any atom is -0.338 e. The normalized spacial score (nSPS) is 12.6. The lowest BCUT2D eigenvalue weighted by molar-refractivity contribution is 0.0985. The van der Waals surface area contributed by atoms with Crippen LogP contribution in [0.25, 0.3) is 0 Å². The van der Waals surface area contributed by atoms with Crippen molar-refractivity contribution in [3.63, 3.8) is 0 Å². The number of hydrogen-bond donors (Lipinski definition) is 1. The van der Waals surface area contributed by atoms with Gasteiger partial charge < -0.3 is 10.2 Å². The number of nitrogens with one attached hydrogen (secondary N) is 1. The van der Waals surface area contributed by atoms with Gasteiger partial charge in [0.05, 0.1) is 17.9 Å². The van der Waals surface area contributed by atoms with E-state index in [1.165, 1.54) is 24.3 Å². The summed E-state index contributed by atoms with van der Waals surface area (Å²) in [7, 11) is 0. The zero-order chi connectivity index (χ0) is 16.5. The number of amides is 1. The van der Waals surface area contributed by atoms with Crippen LogP contribution in [0.3, 0.4) is 0 Å². The van der Waals surface area contributed by atoms with Crippen LogP contribution in [0.1, 0.15) is 15.9 Å². The average molecular weight is 319 g/mol. The Morgan fingerprint density at radius 1 is 1.04 bits per heavy atom. The second-order valence-electron chi connectivity index (χ2n) is 5.55. The van der Waals surface area contributed by atoms with Crippen molar-refractivity contribution >= 4 is 23.1 Å². The quantitative estimate of drug-likeness (QED) is 0.734. The molecule has 1 N–H and O–H groups in total. The number of halogens is 1. The first kappa shape index (κ1) is 14.4. The number of benzene rings is 2. The number of hydrogen-bond acceptors (Lipinski definition) is 3. The van der Waals surface area contributed by atoms with E-state index in [0.29, 0.717) is 12.1 Å². The maximum absolute atomic E-state index is 13.2. The van der Waals surface area contributed by atoms with Gasteiger partial charge in [0.2, 0.25) is 0 Å². The maximum Gasteiger partial charge on any atom is 0.258 e. The molecular formula is C19H14FN3O. The zero-order valence-electron chi connectivity index (χ0n) is 12.7. The molecule has 0 spiro atoms. The van der Waals surface area contributed by atoms with Gasteiger partial charge in [-0.25, -0.2) is 9.37 Å². The summed E-state index contributed by atoms with van der Waals surface area (Å²) >= 11 is 0. The molecule has 1 amide bonds. The predicted molar refractivity (Wildman–Crippen MR) is 90.9 cm³/mol. The van der Waals surface area contributed by atoms with Crippen molar-refractivity contribution in [3.8, 4) is 0 Å². The molecule has 0 saturated carbocycles. The number of carbonyl (C=O) groups excluding carboxylic acids is 1. The Bertz CT molecular complexity index is 908. The molecule has 1 aliphatic heterocycles. The summed E-state index contributed by atoms with van der Waals surface area (Å²) in [5.41, 5.74) is 2.94. The van der Waals surface area contributed by atoms with Gasteiger partial charge in [-0.1, -0.05) is 18.2 Å². The number of anilines is 3. The van der Waals surface area contributed by atoms with Gasteiger partial charge >= 0.3 is 0 Å². The standard InChI is InChI=1S/C19H14FN3O/c20-15-9-7-13(8-10-15)19(24)23-12-14-4-3-11-21-18(14)22-16-5-1-2-6-17(16)23/h1-11H,12H2,(H,21,22). The third-order valence-electron chi connectivity index (χ3n) is 4.00. The molecule has 0 unspecified atom stereocenters. The molecule has 4 nitrogen and oxygen atoms in total. The second-order valence-corrected chi connectivity index (χ2v) is 5.55. The highest BCUT2D eigenvalue weighted by molar-refractivity contribution is 6.08. The average Bonchev–Trinajstić information content (AvgIpc) is 2.78. The van der Waals surface area contributed by atoms with Gasteiger partial charge in [-0.05, 0) is 42.5 Å². The number of fused-ring (bicyclic) bond motifs is 2. The van der Waals surface area contributed by atoms with E-state index in [2.05, 4.69) is 10.3 Å². The summed E-state index contributed by atoms with van der Waals surface area (Å²) in [4.78, 5) is 19.0. The SMILES string of the molecule is O=C(c1ccc(F)cc1)N1Cc2cccnc2Nc2ccccc21. The molecule has 0 atom stereocenters. The first-order chi connectivity index (χ1) is 11.7. The highest BCUT2D eigenvalue weighted by Gasteiger charge is 2.25. The molecule has 0 radical (unpaired) electrons. The topological polar surface area (TPSA) is 45.2 Å². The number of para-hydroxylation sites is 2. The highest BCUT2D eigenvalue weighted by Crippen LogP contribution is 2.35. The van der Waals surface area contributed by atoms with E-state index in [1.807, 2.05) is 36.4 Å². The molecule has 24 heavy (non-hydrogen) atoms. The summed E-state index contributed by atoms with van der Waals surface area (Å²) in [6, 6.07) is 17.0. The molecule has 0 bridgehead atoms. The molecule has 0 aliphatic carbocycles. The first-order valence-electron chi connectivity index (χ1n) is 7.60. The zero-order valence-corrected chi connectivity index (χ0v) is 12.7. The van der Waals surface area contributed by atoms with Gasteiger partial charge in [0, 0.05) is 17.3 Å². The van der Waals surface area contributed by atoms with Crippen LogP contribution in [0.5, 0.6) is 0 Å². The number of aromatic nitrogens is 1. The minimum atomic E-state index is -0.362. The van der Waals surface area contributed by atoms with Crippen molar-refractivity contribution in [2.75, 3.05) is 10.2 Å². The monoisotopic (exact) mass is 319 g/mol. The van der Waals surface area contributed by atoms with Gasteiger partial charge in [0.15, 0.2) is 0 Å². The Morgan fingerprint density at radius 2 is 1.83 bits per heavy atom. The molecule has 2 heterocycles. The molecule has 4 rings (SSSR count). The Labute approximate surface area is 138 Å². The lowest BCUT2D eigenvalue weighted by atomic mass is 10.1. The van der Waals surface area contributed by atoms with E-state index < -0.39 is 0 Å². The van der Waals surface area contributed by atoms with Crippen LogP contribution in [-0.2, 0) is 6.54 Å². The molecule has 5 heteroatoms. The van der Waals surface area contributed by atoms with Crippen LogP contribution in [-0.4, -0.2) is 10.9 Å². The minimum absolute atomic E-state index is 0.180. The predicted octanol–water partition coefficient (Wildman–Crippen LogP) is 4.12. The van der Waals surface area contributed by atoms with Crippen molar-refractivity contribution in [1.82, 2.24) is 4.98 Å². The number of pyridine rings is 1. The van der Waals surface area contributed by atoms with Gasteiger partial charge in [-0.15, -0.1) is 0 Å². The molecule has 1 aromatic heterocycles. The third-order valence-corrected chi connectivity index (χ3v) is 4.00. The lowest BCUT2D eigenvalue weighted by Crippen LogP contribution is -2.30. The van der Waals surface area contributed by atoms with Gasteiger partial charge in [-0.2, -0.15) is 0 Å². The first-order valence-corrected chi connectivity index (χ1v) is 7.60. The second kappa shape index (κ2) is 5.77. The summed E-state index contributed by atoms with van der Waals surface area (Å²) in [6.07, 6.45) is 1.71. The molecule has 118 valence electrons. The van der Waals surface area contributed by atoms with Crippen LogP contribution in [0, 0.1) is 5.82 Å². The number of nitrogens with zero attached hydrogens (tertiary/aromatic N) is 2. The summed E-state index contributed by atoms with van der Waals surface area (Å²) < 4.78 is 13.2. The maximum atomic E-state index is 13.2. The highest BCUT2D eigenvalue weighted by atomic mass is 19.1. The fourth-order valence-electron chi connectivity index (χ4n) is 2.81. The third kappa shape index (κ3) is 2.50. The molecule has 2 aromatic carbocycles. The summed E-state index contributed by atoms with van der Waals surface area (Å²) in [5.74, 6) is 0.194. The Hall–Kier alpha value is -3.21. The smallest absolute Gasteiger partial charge is 0.258 e. The van der Waals surface area contributed by atoms with Crippen LogP contribution >= 0.6 is 0 Å². The van der Waals surface area contributed by atoms with Crippen LogP contribution in [0.15, 0.2) is 66.9 Å². The van der Waals surface area contributed by atoms with E-state index in [9.17, 15) is 9.18 Å². The van der Waals surface area contributed by atoms with Crippen molar-refractivity contribution in [2.24, 2.45) is 0 Å². The summed E-state index contributed by atoms with van der Waals surface area (Å²) in [5, 5.41) is 3.28. The Morgan fingerprint density at radius 3 is 2.67 bits per heavy atom. The lowest BCUT2D eigenvalue weighted by Gasteiger charge is -2.22. The van der Waals surface area contributed by atoms with Crippen molar-refractivity contribution < 1.29 is 9.18 Å². The summed E-state index contributed by atoms with van der Waals surface area (Å²) in [6.45, 7) is 0.392. The Balaban J connectivity index is 1.81. The van der Waals surface area contributed by atoms with E-state index in [1.54, 1.807) is 11.1 Å². The molecule has 3 aromatic rings. The van der Waals surface area contributed by atoms with Crippen molar-refractivity contribution in [2.45, 2.75) is 6.54 Å². The van der Waals surface area contributed by atoms with E-state index in [-0.39, 0.29) is 11.7 Å². The van der Waals surface area contributed by atoms with Crippen LogP contribution < -0.4 is 10.2 Å². The van der Waals surface area contributed by atoms with Gasteiger partial charge in [-0.3, -0.25) is 4.79 Å². The fraction of sp³-hybridized carbons (Fsp3) is 0.0526. The van der Waals surface area contributed by atoms with E-state index in [4.69, 9.17) is 0 Å². The van der Waals surface area contributed by atoms with Crippen LogP contribution in [0.4, 0.5) is 21.6 Å². The fourth-order valence-corrected chi connectivity index (χ4v) is 2.81. The molecule has 1 aliphatic rings. The van der Waals surface area contributed by atoms with Gasteiger partial charge in [0.25, 0.3) is 5.91 Å². The van der Waals surface area contributed by atoms with Gasteiger partial charge in [0.1, 0.15) is 11.6 Å². The molecule has 0 fully saturated rings.